The molecule has 0 aromatic rings. The molecule has 0 unspecified atom stereocenters. The third-order valence-electron chi connectivity index (χ3n) is 6.35. The van der Waals surface area contributed by atoms with Gasteiger partial charge in [0.05, 0.1) is 6.10 Å². The Hall–Kier alpha value is -1.63. The molecule has 3 rings (SSSR count). The van der Waals surface area contributed by atoms with Crippen LogP contribution in [0, 0.1) is 5.92 Å². The molecule has 3 fully saturated rings. The van der Waals surface area contributed by atoms with Gasteiger partial charge in [-0.15, -0.1) is 0 Å². The molecule has 2 N–H and O–H groups in total. The lowest BCUT2D eigenvalue weighted by Gasteiger charge is -2.36. The van der Waals surface area contributed by atoms with Gasteiger partial charge in [0.25, 0.3) is 5.91 Å². The number of hydrogen-bond donors (Lipinski definition) is 2. The van der Waals surface area contributed by atoms with Crippen molar-refractivity contribution in [1.82, 2.24) is 15.5 Å². The van der Waals surface area contributed by atoms with Crippen molar-refractivity contribution < 1.29 is 19.1 Å². The second kappa shape index (κ2) is 9.04. The molecule has 2 atom stereocenters. The smallest absolute Gasteiger partial charge is 0.325 e. The van der Waals surface area contributed by atoms with E-state index in [1.165, 1.54) is 19.3 Å². The molecule has 1 heterocycles. The van der Waals surface area contributed by atoms with Gasteiger partial charge in [0.1, 0.15) is 12.1 Å². The fraction of sp³-hybridized carbons (Fsp3) is 0.850. The molecule has 7 heteroatoms. The summed E-state index contributed by atoms with van der Waals surface area (Å²) in [7, 11) is 0. The van der Waals surface area contributed by atoms with Gasteiger partial charge in [0.2, 0.25) is 5.91 Å². The average molecular weight is 380 g/mol. The Morgan fingerprint density at radius 2 is 1.93 bits per heavy atom. The molecule has 1 saturated heterocycles. The van der Waals surface area contributed by atoms with Crippen LogP contribution in [0.25, 0.3) is 0 Å². The van der Waals surface area contributed by atoms with Gasteiger partial charge >= 0.3 is 6.03 Å². The first kappa shape index (κ1) is 20.1. The maximum absolute atomic E-state index is 12.8. The number of rotatable bonds is 7. The fourth-order valence-corrected chi connectivity index (χ4v) is 4.62. The molecule has 7 nitrogen and oxygen atoms in total. The summed E-state index contributed by atoms with van der Waals surface area (Å²) in [4.78, 5) is 38.4. The minimum absolute atomic E-state index is 0.104. The first-order chi connectivity index (χ1) is 13.0. The molecule has 2 aliphatic carbocycles. The summed E-state index contributed by atoms with van der Waals surface area (Å²) in [6.07, 6.45) is 10.8. The molecule has 2 saturated carbocycles. The van der Waals surface area contributed by atoms with E-state index < -0.39 is 11.6 Å². The number of carbonyl (C=O) groups excluding carboxylic acids is 3. The zero-order chi connectivity index (χ0) is 19.3. The highest BCUT2D eigenvalue weighted by Gasteiger charge is 2.55. The molecule has 0 radical (unpaired) electrons. The van der Waals surface area contributed by atoms with E-state index in [1.54, 1.807) is 0 Å². The molecule has 4 amide bonds. The average Bonchev–Trinajstić information content (AvgIpc) is 2.90. The highest BCUT2D eigenvalue weighted by molar-refractivity contribution is 6.09. The third kappa shape index (κ3) is 4.62. The standard InChI is InChI=1S/C20H33N3O4/c1-15-8-5-6-11-20(15)18(25)23(19(26)22-20)14-17(24)21-12-7-13-27-16-9-3-2-4-10-16/h15-16H,2-14H2,1H3,(H,21,24)(H,22,26)/t15-,20-/m1/s1. The van der Waals surface area contributed by atoms with Crippen LogP contribution in [0.1, 0.15) is 71.1 Å². The van der Waals surface area contributed by atoms with Crippen molar-refractivity contribution in [1.29, 1.82) is 0 Å². The van der Waals surface area contributed by atoms with E-state index in [-0.39, 0.29) is 24.3 Å². The van der Waals surface area contributed by atoms with E-state index in [1.807, 2.05) is 6.92 Å². The number of ether oxygens (including phenoxy) is 1. The van der Waals surface area contributed by atoms with Gasteiger partial charge in [-0.05, 0) is 38.0 Å². The third-order valence-corrected chi connectivity index (χ3v) is 6.35. The van der Waals surface area contributed by atoms with E-state index in [2.05, 4.69) is 10.6 Å². The van der Waals surface area contributed by atoms with Crippen molar-refractivity contribution in [3.05, 3.63) is 0 Å². The molecular formula is C20H33N3O4. The highest BCUT2D eigenvalue weighted by atomic mass is 16.5. The SMILES string of the molecule is C[C@@H]1CCCC[C@@]12NC(=O)N(CC(=O)NCCCOC1CCCCC1)C2=O. The maximum Gasteiger partial charge on any atom is 0.325 e. The minimum Gasteiger partial charge on any atom is -0.378 e. The molecule has 0 aromatic carbocycles. The number of amides is 4. The molecular weight excluding hydrogens is 346 g/mol. The van der Waals surface area contributed by atoms with Gasteiger partial charge in [-0.2, -0.15) is 0 Å². The Balaban J connectivity index is 1.38. The zero-order valence-corrected chi connectivity index (χ0v) is 16.4. The van der Waals surface area contributed by atoms with Crippen LogP contribution in [0.15, 0.2) is 0 Å². The first-order valence-electron chi connectivity index (χ1n) is 10.6. The molecule has 0 aromatic heterocycles. The lowest BCUT2D eigenvalue weighted by Crippen LogP contribution is -2.54. The van der Waals surface area contributed by atoms with Crippen molar-refractivity contribution in [2.45, 2.75) is 82.8 Å². The topological polar surface area (TPSA) is 87.7 Å². The van der Waals surface area contributed by atoms with E-state index >= 15 is 0 Å². The number of imide groups is 1. The Morgan fingerprint density at radius 3 is 2.67 bits per heavy atom. The summed E-state index contributed by atoms with van der Waals surface area (Å²) in [6.45, 7) is 2.93. The lowest BCUT2D eigenvalue weighted by molar-refractivity contribution is -0.137. The van der Waals surface area contributed by atoms with E-state index in [9.17, 15) is 14.4 Å². The van der Waals surface area contributed by atoms with Gasteiger partial charge < -0.3 is 15.4 Å². The number of nitrogens with one attached hydrogen (secondary N) is 2. The van der Waals surface area contributed by atoms with Crippen molar-refractivity contribution in [2.75, 3.05) is 19.7 Å². The van der Waals surface area contributed by atoms with Crippen molar-refractivity contribution in [3.63, 3.8) is 0 Å². The lowest BCUT2D eigenvalue weighted by atomic mass is 9.73. The van der Waals surface area contributed by atoms with Crippen LogP contribution in [0.2, 0.25) is 0 Å². The zero-order valence-electron chi connectivity index (χ0n) is 16.4. The van der Waals surface area contributed by atoms with Crippen LogP contribution in [-0.2, 0) is 14.3 Å². The normalized spacial score (nSPS) is 29.2. The second-order valence-electron chi connectivity index (χ2n) is 8.27. The van der Waals surface area contributed by atoms with Crippen LogP contribution in [0.4, 0.5) is 4.79 Å². The predicted molar refractivity (Wildman–Crippen MR) is 101 cm³/mol. The molecule has 152 valence electrons. The predicted octanol–water partition coefficient (Wildman–Crippen LogP) is 2.34. The van der Waals surface area contributed by atoms with Gasteiger partial charge in [-0.25, -0.2) is 4.79 Å². The van der Waals surface area contributed by atoms with Crippen molar-refractivity contribution in [2.24, 2.45) is 5.92 Å². The van der Waals surface area contributed by atoms with Gasteiger partial charge in [-0.3, -0.25) is 14.5 Å². The van der Waals surface area contributed by atoms with Crippen LogP contribution in [-0.4, -0.2) is 54.1 Å². The van der Waals surface area contributed by atoms with E-state index in [4.69, 9.17) is 4.74 Å². The van der Waals surface area contributed by atoms with Gasteiger partial charge in [0, 0.05) is 13.2 Å². The maximum atomic E-state index is 12.8. The Kier molecular flexibility index (Phi) is 6.73. The van der Waals surface area contributed by atoms with E-state index in [0.717, 1.165) is 43.4 Å². The molecule has 1 spiro atoms. The van der Waals surface area contributed by atoms with Crippen LogP contribution < -0.4 is 10.6 Å². The minimum atomic E-state index is -0.802. The van der Waals surface area contributed by atoms with E-state index in [0.29, 0.717) is 25.7 Å². The second-order valence-corrected chi connectivity index (χ2v) is 8.27. The van der Waals surface area contributed by atoms with Gasteiger partial charge in [-0.1, -0.05) is 39.0 Å². The first-order valence-corrected chi connectivity index (χ1v) is 10.6. The monoisotopic (exact) mass is 379 g/mol. The van der Waals surface area contributed by atoms with Crippen LogP contribution >= 0.6 is 0 Å². The highest BCUT2D eigenvalue weighted by Crippen LogP contribution is 2.38. The summed E-state index contributed by atoms with van der Waals surface area (Å²) in [5.41, 5.74) is -0.802. The van der Waals surface area contributed by atoms with Crippen LogP contribution in [0.3, 0.4) is 0 Å². The number of carbonyl (C=O) groups is 3. The van der Waals surface area contributed by atoms with Crippen molar-refractivity contribution in [3.8, 4) is 0 Å². The molecule has 3 aliphatic rings. The van der Waals surface area contributed by atoms with Gasteiger partial charge in [0.15, 0.2) is 0 Å². The number of urea groups is 1. The number of nitrogens with zero attached hydrogens (tertiary/aromatic N) is 1. The quantitative estimate of drug-likeness (QED) is 0.525. The fourth-order valence-electron chi connectivity index (χ4n) is 4.62. The Bertz CT molecular complexity index is 561. The summed E-state index contributed by atoms with van der Waals surface area (Å²) in [5, 5.41) is 5.67. The Labute approximate surface area is 161 Å². The summed E-state index contributed by atoms with van der Waals surface area (Å²) >= 11 is 0. The summed E-state index contributed by atoms with van der Waals surface area (Å²) in [6, 6.07) is -0.440. The largest absolute Gasteiger partial charge is 0.378 e. The molecule has 27 heavy (non-hydrogen) atoms. The number of hydrogen-bond acceptors (Lipinski definition) is 4. The summed E-state index contributed by atoms with van der Waals surface area (Å²) < 4.78 is 5.84. The summed E-state index contributed by atoms with van der Waals surface area (Å²) in [5.74, 6) is -0.431. The van der Waals surface area contributed by atoms with Crippen LogP contribution in [0.5, 0.6) is 0 Å². The molecule has 0 bridgehead atoms. The van der Waals surface area contributed by atoms with Crippen molar-refractivity contribution >= 4 is 17.8 Å². The molecule has 1 aliphatic heterocycles. The Morgan fingerprint density at radius 1 is 1.19 bits per heavy atom.